The zero-order valence-electron chi connectivity index (χ0n) is 10.8. The fourth-order valence-electron chi connectivity index (χ4n) is 1.84. The second kappa shape index (κ2) is 5.64. The maximum Gasteiger partial charge on any atom is 0.151 e. The first-order valence-electron chi connectivity index (χ1n) is 5.94. The molecule has 0 atom stereocenters. The average molecular weight is 246 g/mol. The van der Waals surface area contributed by atoms with Gasteiger partial charge in [-0.25, -0.2) is 4.98 Å². The van der Waals surface area contributed by atoms with Crippen LogP contribution in [0.15, 0.2) is 24.3 Å². The van der Waals surface area contributed by atoms with Gasteiger partial charge in [-0.3, -0.25) is 4.68 Å². The van der Waals surface area contributed by atoms with E-state index in [0.717, 1.165) is 30.2 Å². The first-order chi connectivity index (χ1) is 8.72. The van der Waals surface area contributed by atoms with E-state index in [2.05, 4.69) is 16.1 Å². The lowest BCUT2D eigenvalue weighted by Gasteiger charge is -2.02. The average Bonchev–Trinajstić information content (AvgIpc) is 2.77. The third kappa shape index (κ3) is 2.87. The molecule has 0 spiro atoms. The van der Waals surface area contributed by atoms with Crippen LogP contribution in [0.2, 0.25) is 0 Å². The second-order valence-corrected chi connectivity index (χ2v) is 4.12. The van der Waals surface area contributed by atoms with Crippen molar-refractivity contribution in [3.05, 3.63) is 41.5 Å². The van der Waals surface area contributed by atoms with Crippen LogP contribution < -0.4 is 10.5 Å². The fraction of sp³-hybridized carbons (Fsp3) is 0.385. The maximum atomic E-state index is 5.57. The maximum absolute atomic E-state index is 5.57. The van der Waals surface area contributed by atoms with Crippen LogP contribution in [0.4, 0.5) is 0 Å². The summed E-state index contributed by atoms with van der Waals surface area (Å²) in [6.07, 6.45) is 1.70. The Hall–Kier alpha value is -1.88. The minimum Gasteiger partial charge on any atom is -0.497 e. The van der Waals surface area contributed by atoms with Crippen LogP contribution in [0.25, 0.3) is 0 Å². The quantitative estimate of drug-likeness (QED) is 0.857. The molecule has 0 radical (unpaired) electrons. The van der Waals surface area contributed by atoms with E-state index in [-0.39, 0.29) is 0 Å². The second-order valence-electron chi connectivity index (χ2n) is 4.12. The molecule has 5 nitrogen and oxygen atoms in total. The molecule has 0 saturated heterocycles. The molecule has 18 heavy (non-hydrogen) atoms. The van der Waals surface area contributed by atoms with Crippen molar-refractivity contribution in [2.24, 2.45) is 12.8 Å². The molecule has 0 bridgehead atoms. The molecular formula is C13H18N4O. The summed E-state index contributed by atoms with van der Waals surface area (Å²) >= 11 is 0. The van der Waals surface area contributed by atoms with E-state index in [1.165, 1.54) is 5.56 Å². The number of nitrogens with zero attached hydrogens (tertiary/aromatic N) is 3. The number of hydrogen-bond acceptors (Lipinski definition) is 4. The summed E-state index contributed by atoms with van der Waals surface area (Å²) in [6.45, 7) is 0.419. The fourth-order valence-corrected chi connectivity index (χ4v) is 1.84. The normalized spacial score (nSPS) is 10.6. The molecule has 0 aliphatic heterocycles. The highest BCUT2D eigenvalue weighted by Gasteiger charge is 2.06. The molecule has 2 N–H and O–H groups in total. The Morgan fingerprint density at radius 3 is 2.83 bits per heavy atom. The predicted octanol–water partition coefficient (Wildman–Crippen LogP) is 1.07. The van der Waals surface area contributed by atoms with E-state index < -0.39 is 0 Å². The van der Waals surface area contributed by atoms with Crippen LogP contribution >= 0.6 is 0 Å². The summed E-state index contributed by atoms with van der Waals surface area (Å²) in [4.78, 5) is 4.38. The summed E-state index contributed by atoms with van der Waals surface area (Å²) < 4.78 is 6.93. The Morgan fingerprint density at radius 1 is 1.33 bits per heavy atom. The zero-order valence-corrected chi connectivity index (χ0v) is 10.8. The van der Waals surface area contributed by atoms with Gasteiger partial charge in [-0.05, 0) is 24.1 Å². The highest BCUT2D eigenvalue weighted by atomic mass is 16.5. The van der Waals surface area contributed by atoms with Crippen LogP contribution in [-0.2, 0) is 26.4 Å². The van der Waals surface area contributed by atoms with E-state index in [9.17, 15) is 0 Å². The number of nitrogens with two attached hydrogens (primary N) is 1. The number of hydrogen-bond donors (Lipinski definition) is 1. The minimum absolute atomic E-state index is 0.419. The minimum atomic E-state index is 0.419. The number of ether oxygens (including phenoxy) is 1. The standard InChI is InChI=1S/C13H18N4O/c1-17-13(9-14)15-12(16-17)7-6-10-4-3-5-11(8-10)18-2/h3-5,8H,6-7,9,14H2,1-2H3. The van der Waals surface area contributed by atoms with E-state index in [1.807, 2.05) is 25.2 Å². The largest absolute Gasteiger partial charge is 0.497 e. The van der Waals surface area contributed by atoms with Crippen LogP contribution in [0.5, 0.6) is 5.75 Å². The molecule has 0 aliphatic carbocycles. The van der Waals surface area contributed by atoms with E-state index in [0.29, 0.717) is 6.54 Å². The van der Waals surface area contributed by atoms with E-state index in [4.69, 9.17) is 10.5 Å². The van der Waals surface area contributed by atoms with Crippen LogP contribution in [-0.4, -0.2) is 21.9 Å². The van der Waals surface area contributed by atoms with Gasteiger partial charge in [-0.15, -0.1) is 0 Å². The summed E-state index contributed by atoms with van der Waals surface area (Å²) in [5.74, 6) is 2.53. The van der Waals surface area contributed by atoms with Gasteiger partial charge < -0.3 is 10.5 Å². The van der Waals surface area contributed by atoms with Crippen molar-refractivity contribution in [2.75, 3.05) is 7.11 Å². The van der Waals surface area contributed by atoms with E-state index >= 15 is 0 Å². The SMILES string of the molecule is COc1cccc(CCc2nc(CN)n(C)n2)c1. The number of aryl methyl sites for hydroxylation is 3. The first kappa shape index (κ1) is 12.6. The van der Waals surface area contributed by atoms with Gasteiger partial charge in [0.15, 0.2) is 5.82 Å². The van der Waals surface area contributed by atoms with Crippen LogP contribution in [0.1, 0.15) is 17.2 Å². The van der Waals surface area contributed by atoms with Gasteiger partial charge in [0.2, 0.25) is 0 Å². The van der Waals surface area contributed by atoms with Crippen LogP contribution in [0, 0.1) is 0 Å². The first-order valence-corrected chi connectivity index (χ1v) is 5.94. The van der Waals surface area contributed by atoms with Crippen molar-refractivity contribution >= 4 is 0 Å². The number of methoxy groups -OCH3 is 1. The van der Waals surface area contributed by atoms with Gasteiger partial charge in [0.1, 0.15) is 11.6 Å². The molecule has 96 valence electrons. The molecule has 1 aromatic carbocycles. The van der Waals surface area contributed by atoms with Gasteiger partial charge >= 0.3 is 0 Å². The van der Waals surface area contributed by atoms with Crippen molar-refractivity contribution < 1.29 is 4.74 Å². The summed E-state index contributed by atoms with van der Waals surface area (Å²) in [6, 6.07) is 8.04. The van der Waals surface area contributed by atoms with Gasteiger partial charge in [-0.1, -0.05) is 12.1 Å². The molecule has 2 rings (SSSR count). The third-order valence-electron chi connectivity index (χ3n) is 2.85. The molecule has 0 unspecified atom stereocenters. The molecular weight excluding hydrogens is 228 g/mol. The number of rotatable bonds is 5. The Balaban J connectivity index is 2.01. The predicted molar refractivity (Wildman–Crippen MR) is 69.3 cm³/mol. The Kier molecular flexibility index (Phi) is 3.94. The molecule has 0 saturated carbocycles. The van der Waals surface area contributed by atoms with Gasteiger partial charge in [-0.2, -0.15) is 5.10 Å². The molecule has 1 aromatic heterocycles. The van der Waals surface area contributed by atoms with E-state index in [1.54, 1.807) is 11.8 Å². The highest BCUT2D eigenvalue weighted by molar-refractivity contribution is 5.28. The lowest BCUT2D eigenvalue weighted by molar-refractivity contribution is 0.414. The van der Waals surface area contributed by atoms with Crippen molar-refractivity contribution in [3.63, 3.8) is 0 Å². The molecule has 0 fully saturated rings. The zero-order chi connectivity index (χ0) is 13.0. The lowest BCUT2D eigenvalue weighted by Crippen LogP contribution is -2.05. The van der Waals surface area contributed by atoms with Crippen LogP contribution in [0.3, 0.4) is 0 Å². The summed E-state index contributed by atoms with van der Waals surface area (Å²) in [7, 11) is 3.54. The topological polar surface area (TPSA) is 66.0 Å². The van der Waals surface area contributed by atoms with Gasteiger partial charge in [0.05, 0.1) is 13.7 Å². The number of benzene rings is 1. The highest BCUT2D eigenvalue weighted by Crippen LogP contribution is 2.14. The third-order valence-corrected chi connectivity index (χ3v) is 2.85. The summed E-state index contributed by atoms with van der Waals surface area (Å²) in [5.41, 5.74) is 6.79. The lowest BCUT2D eigenvalue weighted by atomic mass is 10.1. The molecule has 5 heteroatoms. The summed E-state index contributed by atoms with van der Waals surface area (Å²) in [5, 5.41) is 4.33. The molecule has 0 aliphatic rings. The molecule has 2 aromatic rings. The Bertz CT molecular complexity index is 521. The molecule has 0 amide bonds. The van der Waals surface area contributed by atoms with Crippen molar-refractivity contribution in [1.82, 2.24) is 14.8 Å². The Morgan fingerprint density at radius 2 is 2.17 bits per heavy atom. The van der Waals surface area contributed by atoms with Crippen molar-refractivity contribution in [1.29, 1.82) is 0 Å². The van der Waals surface area contributed by atoms with Crippen molar-refractivity contribution in [2.45, 2.75) is 19.4 Å². The Labute approximate surface area is 107 Å². The number of aromatic nitrogens is 3. The van der Waals surface area contributed by atoms with Crippen molar-refractivity contribution in [3.8, 4) is 5.75 Å². The van der Waals surface area contributed by atoms with Gasteiger partial charge in [0, 0.05) is 13.5 Å². The monoisotopic (exact) mass is 246 g/mol. The van der Waals surface area contributed by atoms with Gasteiger partial charge in [0.25, 0.3) is 0 Å². The molecule has 1 heterocycles. The smallest absolute Gasteiger partial charge is 0.151 e.